The number of fused-ring (bicyclic) bond motifs is 7. The molecular weight excluding hydrogens is 522 g/mol. The molecule has 0 saturated heterocycles. The van der Waals surface area contributed by atoms with E-state index < -0.39 is 0 Å². The van der Waals surface area contributed by atoms with E-state index in [0.717, 1.165) is 17.0 Å². The molecular formula is C41H27NO. The van der Waals surface area contributed by atoms with Crippen LogP contribution in [0.15, 0.2) is 152 Å². The second kappa shape index (κ2) is 9.47. The van der Waals surface area contributed by atoms with Gasteiger partial charge >= 0.3 is 0 Å². The first-order chi connectivity index (χ1) is 21.3. The maximum atomic E-state index is 6.25. The predicted octanol–water partition coefficient (Wildman–Crippen LogP) is 10.8. The minimum absolute atomic E-state index is 0.599. The van der Waals surface area contributed by atoms with Crippen molar-refractivity contribution in [3.63, 3.8) is 0 Å². The lowest BCUT2D eigenvalue weighted by molar-refractivity contribution is 0.302. The van der Waals surface area contributed by atoms with E-state index >= 15 is 0 Å². The van der Waals surface area contributed by atoms with Gasteiger partial charge in [-0.1, -0.05) is 109 Å². The average Bonchev–Trinajstić information content (AvgIpc) is 3.41. The highest BCUT2D eigenvalue weighted by Crippen LogP contribution is 2.44. The minimum Gasteiger partial charge on any atom is -0.488 e. The fourth-order valence-electron chi connectivity index (χ4n) is 6.79. The molecule has 0 spiro atoms. The third-order valence-corrected chi connectivity index (χ3v) is 8.87. The smallest absolute Gasteiger partial charge is 0.129 e. The van der Waals surface area contributed by atoms with Crippen molar-refractivity contribution in [2.24, 2.45) is 0 Å². The van der Waals surface area contributed by atoms with Crippen LogP contribution in [-0.4, -0.2) is 4.57 Å². The third-order valence-electron chi connectivity index (χ3n) is 8.87. The van der Waals surface area contributed by atoms with Crippen molar-refractivity contribution < 1.29 is 4.74 Å². The van der Waals surface area contributed by atoms with Crippen LogP contribution >= 0.6 is 0 Å². The van der Waals surface area contributed by atoms with Crippen molar-refractivity contribution in [1.29, 1.82) is 0 Å². The molecule has 0 N–H and O–H groups in total. The Hall–Kier alpha value is -5.60. The van der Waals surface area contributed by atoms with Crippen molar-refractivity contribution in [2.75, 3.05) is 0 Å². The molecule has 1 aromatic heterocycles. The minimum atomic E-state index is 0.599. The van der Waals surface area contributed by atoms with Gasteiger partial charge in [0.05, 0.1) is 16.7 Å². The Morgan fingerprint density at radius 3 is 2.05 bits per heavy atom. The topological polar surface area (TPSA) is 14.2 Å². The van der Waals surface area contributed by atoms with Crippen LogP contribution in [0.5, 0.6) is 5.75 Å². The quantitative estimate of drug-likeness (QED) is 0.214. The van der Waals surface area contributed by atoms with Gasteiger partial charge < -0.3 is 9.30 Å². The standard InChI is InChI=1S/C41H27NO/c1-2-9-27(10-3-1)29-19-17-28-18-20-30(24-33(28)23-29)31-21-22-38-36(25-31)35-13-6-7-14-37(35)42(38)39-15-8-16-40-41(39)34-12-5-4-11-32(34)26-43-40/h1-25H,26H2. The van der Waals surface area contributed by atoms with Crippen LogP contribution in [0.2, 0.25) is 0 Å². The largest absolute Gasteiger partial charge is 0.488 e. The summed E-state index contributed by atoms with van der Waals surface area (Å²) in [5, 5.41) is 4.98. The summed E-state index contributed by atoms with van der Waals surface area (Å²) in [6, 6.07) is 54.8. The number of aromatic nitrogens is 1. The molecule has 0 saturated carbocycles. The normalized spacial score (nSPS) is 12.3. The zero-order chi connectivity index (χ0) is 28.3. The lowest BCUT2D eigenvalue weighted by atomic mass is 9.95. The summed E-state index contributed by atoms with van der Waals surface area (Å²) < 4.78 is 8.66. The zero-order valence-electron chi connectivity index (χ0n) is 23.5. The van der Waals surface area contributed by atoms with E-state index in [1.54, 1.807) is 0 Å². The Morgan fingerprint density at radius 2 is 1.16 bits per heavy atom. The summed E-state index contributed by atoms with van der Waals surface area (Å²) in [5.74, 6) is 0.935. The summed E-state index contributed by atoms with van der Waals surface area (Å²) in [4.78, 5) is 0. The molecule has 0 unspecified atom stereocenters. The maximum Gasteiger partial charge on any atom is 0.129 e. The molecule has 2 nitrogen and oxygen atoms in total. The molecule has 0 aliphatic carbocycles. The first kappa shape index (κ1) is 24.0. The molecule has 0 bridgehead atoms. The number of hydrogen-bond donors (Lipinski definition) is 0. The Kier molecular flexibility index (Phi) is 5.30. The van der Waals surface area contributed by atoms with Crippen LogP contribution in [0, 0.1) is 0 Å². The van der Waals surface area contributed by atoms with Gasteiger partial charge in [0.2, 0.25) is 0 Å². The Labute approximate surface area is 250 Å². The van der Waals surface area contributed by atoms with E-state index in [1.165, 1.54) is 66.0 Å². The lowest BCUT2D eigenvalue weighted by Gasteiger charge is -2.24. The highest BCUT2D eigenvalue weighted by Gasteiger charge is 2.23. The van der Waals surface area contributed by atoms with Crippen LogP contribution in [0.4, 0.5) is 0 Å². The van der Waals surface area contributed by atoms with E-state index in [2.05, 4.69) is 156 Å². The van der Waals surface area contributed by atoms with E-state index in [1.807, 2.05) is 0 Å². The van der Waals surface area contributed by atoms with Crippen molar-refractivity contribution in [3.05, 3.63) is 157 Å². The monoisotopic (exact) mass is 549 g/mol. The van der Waals surface area contributed by atoms with Gasteiger partial charge in [-0.3, -0.25) is 0 Å². The van der Waals surface area contributed by atoms with Crippen LogP contribution in [0.3, 0.4) is 0 Å². The van der Waals surface area contributed by atoms with Gasteiger partial charge in [0, 0.05) is 16.3 Å². The van der Waals surface area contributed by atoms with E-state index in [-0.39, 0.29) is 0 Å². The zero-order valence-corrected chi connectivity index (χ0v) is 23.5. The van der Waals surface area contributed by atoms with Crippen molar-refractivity contribution in [3.8, 4) is 44.8 Å². The molecule has 202 valence electrons. The van der Waals surface area contributed by atoms with Crippen LogP contribution in [-0.2, 0) is 6.61 Å². The Bertz CT molecular complexity index is 2350. The molecule has 7 aromatic carbocycles. The van der Waals surface area contributed by atoms with Gasteiger partial charge in [0.1, 0.15) is 12.4 Å². The number of nitrogens with zero attached hydrogens (tertiary/aromatic N) is 1. The molecule has 1 aliphatic heterocycles. The first-order valence-corrected chi connectivity index (χ1v) is 14.8. The third kappa shape index (κ3) is 3.80. The molecule has 0 amide bonds. The molecule has 0 fully saturated rings. The second-order valence-corrected chi connectivity index (χ2v) is 11.3. The second-order valence-electron chi connectivity index (χ2n) is 11.3. The summed E-state index contributed by atoms with van der Waals surface area (Å²) in [6.45, 7) is 0.599. The summed E-state index contributed by atoms with van der Waals surface area (Å²) in [6.07, 6.45) is 0. The van der Waals surface area contributed by atoms with E-state index in [9.17, 15) is 0 Å². The summed E-state index contributed by atoms with van der Waals surface area (Å²) in [5.41, 5.74) is 12.0. The summed E-state index contributed by atoms with van der Waals surface area (Å²) in [7, 11) is 0. The van der Waals surface area contributed by atoms with Crippen molar-refractivity contribution >= 4 is 32.6 Å². The number of ether oxygens (including phenoxy) is 1. The lowest BCUT2D eigenvalue weighted by Crippen LogP contribution is -2.08. The maximum absolute atomic E-state index is 6.25. The number of hydrogen-bond acceptors (Lipinski definition) is 1. The van der Waals surface area contributed by atoms with E-state index in [4.69, 9.17) is 4.74 Å². The van der Waals surface area contributed by atoms with Gasteiger partial charge in [-0.25, -0.2) is 0 Å². The molecule has 8 aromatic rings. The number of para-hydroxylation sites is 1. The fraction of sp³-hybridized carbons (Fsp3) is 0.0244. The molecule has 0 atom stereocenters. The van der Waals surface area contributed by atoms with Gasteiger partial charge in [-0.15, -0.1) is 0 Å². The number of benzene rings is 7. The van der Waals surface area contributed by atoms with Gasteiger partial charge in [0.25, 0.3) is 0 Å². The SMILES string of the molecule is c1ccc(-c2ccc3ccc(-c4ccc5c(c4)c4ccccc4n5-c4cccc5c4-c4ccccc4CO5)cc3c2)cc1. The average molecular weight is 550 g/mol. The van der Waals surface area contributed by atoms with Gasteiger partial charge in [0.15, 0.2) is 0 Å². The molecule has 1 aliphatic rings. The Morgan fingerprint density at radius 1 is 0.465 bits per heavy atom. The van der Waals surface area contributed by atoms with Crippen LogP contribution < -0.4 is 4.74 Å². The predicted molar refractivity (Wildman–Crippen MR) is 179 cm³/mol. The van der Waals surface area contributed by atoms with E-state index in [0.29, 0.717) is 6.61 Å². The molecule has 0 radical (unpaired) electrons. The highest BCUT2D eigenvalue weighted by molar-refractivity contribution is 6.11. The molecule has 43 heavy (non-hydrogen) atoms. The van der Waals surface area contributed by atoms with Crippen molar-refractivity contribution in [2.45, 2.75) is 6.61 Å². The van der Waals surface area contributed by atoms with Crippen LogP contribution in [0.1, 0.15) is 5.56 Å². The van der Waals surface area contributed by atoms with Gasteiger partial charge in [-0.05, 0) is 86.6 Å². The molecule has 9 rings (SSSR count). The summed E-state index contributed by atoms with van der Waals surface area (Å²) >= 11 is 0. The fourth-order valence-corrected chi connectivity index (χ4v) is 6.79. The first-order valence-electron chi connectivity index (χ1n) is 14.8. The number of rotatable bonds is 3. The Balaban J connectivity index is 1.23. The van der Waals surface area contributed by atoms with Crippen molar-refractivity contribution in [1.82, 2.24) is 4.57 Å². The van der Waals surface area contributed by atoms with Gasteiger partial charge in [-0.2, -0.15) is 0 Å². The highest BCUT2D eigenvalue weighted by atomic mass is 16.5. The molecule has 2 heteroatoms. The molecule has 2 heterocycles. The van der Waals surface area contributed by atoms with Crippen LogP contribution in [0.25, 0.3) is 71.6 Å².